The van der Waals surface area contributed by atoms with Crippen LogP contribution in [-0.2, 0) is 13.1 Å². The van der Waals surface area contributed by atoms with E-state index in [0.29, 0.717) is 6.61 Å². The van der Waals surface area contributed by atoms with Gasteiger partial charge >= 0.3 is 0 Å². The highest BCUT2D eigenvalue weighted by molar-refractivity contribution is 7.99. The van der Waals surface area contributed by atoms with Gasteiger partial charge in [0.2, 0.25) is 0 Å². The Labute approximate surface area is 115 Å². The average Bonchev–Trinajstić information content (AvgIpc) is 2.63. The van der Waals surface area contributed by atoms with Gasteiger partial charge in [-0.2, -0.15) is 11.8 Å². The quantitative estimate of drug-likeness (QED) is 0.676. The van der Waals surface area contributed by atoms with Crippen LogP contribution in [0.2, 0.25) is 0 Å². The van der Waals surface area contributed by atoms with Gasteiger partial charge in [-0.1, -0.05) is 0 Å². The monoisotopic (exact) mass is 270 g/mol. The van der Waals surface area contributed by atoms with Crippen LogP contribution in [0.1, 0.15) is 30.3 Å². The zero-order valence-corrected chi connectivity index (χ0v) is 12.6. The zero-order valence-electron chi connectivity index (χ0n) is 11.8. The van der Waals surface area contributed by atoms with Crippen molar-refractivity contribution in [1.82, 2.24) is 9.88 Å². The summed E-state index contributed by atoms with van der Waals surface area (Å²) in [6, 6.07) is 2.28. The molecule has 0 fully saturated rings. The van der Waals surface area contributed by atoms with Crippen LogP contribution in [0.5, 0.6) is 0 Å². The van der Waals surface area contributed by atoms with Crippen molar-refractivity contribution in [3.05, 3.63) is 23.0 Å². The van der Waals surface area contributed by atoms with Gasteiger partial charge in [0.1, 0.15) is 0 Å². The summed E-state index contributed by atoms with van der Waals surface area (Å²) in [4.78, 5) is 0. The maximum absolute atomic E-state index is 8.67. The van der Waals surface area contributed by atoms with Crippen molar-refractivity contribution in [2.45, 2.75) is 40.3 Å². The molecule has 2 N–H and O–H groups in total. The number of aliphatic hydroxyl groups excluding tert-OH is 1. The number of aromatic nitrogens is 1. The number of rotatable bonds is 9. The molecule has 0 aliphatic carbocycles. The summed E-state index contributed by atoms with van der Waals surface area (Å²) in [6.07, 6.45) is 0.905. The van der Waals surface area contributed by atoms with Crippen LogP contribution in [0.25, 0.3) is 0 Å². The van der Waals surface area contributed by atoms with Crippen molar-refractivity contribution >= 4 is 11.8 Å². The van der Waals surface area contributed by atoms with Crippen molar-refractivity contribution < 1.29 is 5.11 Å². The van der Waals surface area contributed by atoms with E-state index in [1.54, 1.807) is 0 Å². The highest BCUT2D eigenvalue weighted by atomic mass is 32.2. The van der Waals surface area contributed by atoms with Crippen LogP contribution < -0.4 is 5.32 Å². The van der Waals surface area contributed by atoms with Gasteiger partial charge in [-0.05, 0) is 44.6 Å². The van der Waals surface area contributed by atoms with Crippen molar-refractivity contribution in [2.24, 2.45) is 0 Å². The Balaban J connectivity index is 2.23. The number of aliphatic hydroxyl groups is 1. The summed E-state index contributed by atoms with van der Waals surface area (Å²) in [5.41, 5.74) is 4.15. The van der Waals surface area contributed by atoms with E-state index in [1.807, 2.05) is 11.8 Å². The minimum atomic E-state index is 0.309. The summed E-state index contributed by atoms with van der Waals surface area (Å²) in [6.45, 7) is 9.91. The Morgan fingerprint density at radius 1 is 1.33 bits per heavy atom. The number of nitrogens with zero attached hydrogens (tertiary/aromatic N) is 1. The molecule has 0 atom stereocenters. The molecule has 0 saturated heterocycles. The summed E-state index contributed by atoms with van der Waals surface area (Å²) in [7, 11) is 0. The van der Waals surface area contributed by atoms with Gasteiger partial charge in [-0.15, -0.1) is 0 Å². The molecular weight excluding hydrogens is 244 g/mol. The number of thioether (sulfide) groups is 1. The number of aryl methyl sites for hydroxylation is 1. The largest absolute Gasteiger partial charge is 0.396 e. The molecule has 0 radical (unpaired) electrons. The normalized spacial score (nSPS) is 11.1. The second-order valence-corrected chi connectivity index (χ2v) is 5.73. The Morgan fingerprint density at radius 3 is 2.72 bits per heavy atom. The fourth-order valence-electron chi connectivity index (χ4n) is 2.17. The first-order valence-electron chi connectivity index (χ1n) is 6.75. The molecule has 0 aliphatic heterocycles. The van der Waals surface area contributed by atoms with Crippen molar-refractivity contribution in [1.29, 1.82) is 0 Å². The van der Waals surface area contributed by atoms with E-state index in [2.05, 4.69) is 36.7 Å². The molecule has 104 valence electrons. The lowest BCUT2D eigenvalue weighted by atomic mass is 10.2. The standard InChI is InChI=1S/C14H26N2OS/c1-4-16-12(2)10-14(13(16)3)11-15-6-9-18-8-5-7-17/h10,15,17H,4-9,11H2,1-3H3. The maximum atomic E-state index is 8.67. The SMILES string of the molecule is CCn1c(C)cc(CNCCSCCCO)c1C. The van der Waals surface area contributed by atoms with Gasteiger partial charge in [-0.3, -0.25) is 0 Å². The molecule has 0 amide bonds. The van der Waals surface area contributed by atoms with Gasteiger partial charge in [0.05, 0.1) is 0 Å². The van der Waals surface area contributed by atoms with E-state index in [0.717, 1.165) is 37.6 Å². The first kappa shape index (κ1) is 15.6. The molecular formula is C14H26N2OS. The van der Waals surface area contributed by atoms with Gasteiger partial charge < -0.3 is 15.0 Å². The summed E-state index contributed by atoms with van der Waals surface area (Å²) in [5.74, 6) is 2.18. The second-order valence-electron chi connectivity index (χ2n) is 4.51. The zero-order chi connectivity index (χ0) is 13.4. The Morgan fingerprint density at radius 2 is 2.11 bits per heavy atom. The first-order valence-corrected chi connectivity index (χ1v) is 7.91. The van der Waals surface area contributed by atoms with E-state index in [9.17, 15) is 0 Å². The Bertz CT molecular complexity index is 350. The van der Waals surface area contributed by atoms with Crippen LogP contribution in [0, 0.1) is 13.8 Å². The van der Waals surface area contributed by atoms with Gasteiger partial charge in [0.25, 0.3) is 0 Å². The summed E-state index contributed by atoms with van der Waals surface area (Å²) in [5, 5.41) is 12.2. The van der Waals surface area contributed by atoms with Crippen LogP contribution >= 0.6 is 11.8 Å². The highest BCUT2D eigenvalue weighted by Crippen LogP contribution is 2.14. The minimum absolute atomic E-state index is 0.309. The molecule has 0 aliphatic rings. The van der Waals surface area contributed by atoms with Crippen LogP contribution in [0.4, 0.5) is 0 Å². The fraction of sp³-hybridized carbons (Fsp3) is 0.714. The topological polar surface area (TPSA) is 37.2 Å². The van der Waals surface area contributed by atoms with Crippen molar-refractivity contribution in [3.8, 4) is 0 Å². The molecule has 18 heavy (non-hydrogen) atoms. The molecule has 0 bridgehead atoms. The smallest absolute Gasteiger partial charge is 0.0438 e. The number of hydrogen-bond donors (Lipinski definition) is 2. The van der Waals surface area contributed by atoms with E-state index >= 15 is 0 Å². The van der Waals surface area contributed by atoms with Gasteiger partial charge in [-0.25, -0.2) is 0 Å². The van der Waals surface area contributed by atoms with E-state index in [4.69, 9.17) is 5.11 Å². The molecule has 0 saturated carbocycles. The lowest BCUT2D eigenvalue weighted by Gasteiger charge is -2.07. The third-order valence-corrected chi connectivity index (χ3v) is 4.25. The molecule has 0 unspecified atom stereocenters. The van der Waals surface area contributed by atoms with Crippen LogP contribution in [0.15, 0.2) is 6.07 Å². The number of hydrogen-bond acceptors (Lipinski definition) is 3. The fourth-order valence-corrected chi connectivity index (χ4v) is 3.00. The lowest BCUT2D eigenvalue weighted by molar-refractivity contribution is 0.296. The number of nitrogens with one attached hydrogen (secondary N) is 1. The highest BCUT2D eigenvalue weighted by Gasteiger charge is 2.06. The first-order chi connectivity index (χ1) is 8.70. The van der Waals surface area contributed by atoms with E-state index in [-0.39, 0.29) is 0 Å². The summed E-state index contributed by atoms with van der Waals surface area (Å²) >= 11 is 1.90. The lowest BCUT2D eigenvalue weighted by Crippen LogP contribution is -2.17. The maximum Gasteiger partial charge on any atom is 0.0438 e. The molecule has 1 aromatic heterocycles. The summed E-state index contributed by atoms with van der Waals surface area (Å²) < 4.78 is 2.35. The third kappa shape index (κ3) is 4.67. The van der Waals surface area contributed by atoms with E-state index in [1.165, 1.54) is 17.0 Å². The predicted octanol–water partition coefficient (Wildman–Crippen LogP) is 2.33. The molecule has 3 nitrogen and oxygen atoms in total. The Hall–Kier alpha value is -0.450. The minimum Gasteiger partial charge on any atom is -0.396 e. The van der Waals surface area contributed by atoms with Crippen LogP contribution in [0.3, 0.4) is 0 Å². The molecule has 1 heterocycles. The predicted molar refractivity (Wildman–Crippen MR) is 80.3 cm³/mol. The van der Waals surface area contributed by atoms with Gasteiger partial charge in [0.15, 0.2) is 0 Å². The van der Waals surface area contributed by atoms with Gasteiger partial charge in [0, 0.05) is 43.4 Å². The second kappa shape index (κ2) is 8.62. The molecule has 4 heteroatoms. The molecule has 0 aromatic carbocycles. The average molecular weight is 270 g/mol. The van der Waals surface area contributed by atoms with Crippen molar-refractivity contribution in [3.63, 3.8) is 0 Å². The van der Waals surface area contributed by atoms with Crippen LogP contribution in [-0.4, -0.2) is 34.3 Å². The molecule has 1 aromatic rings. The van der Waals surface area contributed by atoms with Crippen molar-refractivity contribution in [2.75, 3.05) is 24.7 Å². The molecule has 1 rings (SSSR count). The molecule has 0 spiro atoms. The van der Waals surface area contributed by atoms with E-state index < -0.39 is 0 Å². The Kier molecular flexibility index (Phi) is 7.47. The third-order valence-electron chi connectivity index (χ3n) is 3.18.